The molecule has 1 aromatic carbocycles. The number of carbonyl (C=O) groups excluding carboxylic acids is 1. The van der Waals surface area contributed by atoms with Gasteiger partial charge in [0.1, 0.15) is 5.82 Å². The van der Waals surface area contributed by atoms with Crippen LogP contribution >= 0.6 is 0 Å². The Kier molecular flexibility index (Phi) is 2.39. The van der Waals surface area contributed by atoms with Crippen molar-refractivity contribution in [3.8, 4) is 11.3 Å². The third-order valence-corrected chi connectivity index (χ3v) is 4.61. The lowest BCUT2D eigenvalue weighted by atomic mass is 9.86. The highest BCUT2D eigenvalue weighted by Gasteiger charge is 2.48. The number of benzene rings is 1. The second kappa shape index (κ2) is 3.97. The predicted molar refractivity (Wildman–Crippen MR) is 82.3 cm³/mol. The van der Waals surface area contributed by atoms with Crippen molar-refractivity contribution >= 4 is 11.6 Å². The average molecular weight is 281 g/mol. The van der Waals surface area contributed by atoms with E-state index < -0.39 is 5.41 Å². The van der Waals surface area contributed by atoms with E-state index in [2.05, 4.69) is 28.2 Å². The van der Waals surface area contributed by atoms with Crippen molar-refractivity contribution < 1.29 is 4.79 Å². The van der Waals surface area contributed by atoms with Crippen molar-refractivity contribution in [2.75, 3.05) is 4.90 Å². The van der Waals surface area contributed by atoms with Gasteiger partial charge in [0.05, 0.1) is 17.3 Å². The molecule has 2 heterocycles. The van der Waals surface area contributed by atoms with Crippen LogP contribution in [0.15, 0.2) is 24.4 Å². The van der Waals surface area contributed by atoms with Gasteiger partial charge in [0.2, 0.25) is 5.91 Å². The monoisotopic (exact) mass is 281 g/mol. The molecule has 1 fully saturated rings. The van der Waals surface area contributed by atoms with Crippen molar-refractivity contribution in [2.45, 2.75) is 45.1 Å². The van der Waals surface area contributed by atoms with Gasteiger partial charge >= 0.3 is 0 Å². The number of hydrogen-bond acceptors (Lipinski definition) is 2. The summed E-state index contributed by atoms with van der Waals surface area (Å²) in [6, 6.07) is 6.71. The van der Waals surface area contributed by atoms with Crippen LogP contribution in [0.25, 0.3) is 11.3 Å². The van der Waals surface area contributed by atoms with Crippen LogP contribution in [0.2, 0.25) is 0 Å². The molecule has 21 heavy (non-hydrogen) atoms. The molecular formula is C17H19N3O. The molecule has 1 amide bonds. The summed E-state index contributed by atoms with van der Waals surface area (Å²) < 4.78 is 0. The summed E-state index contributed by atoms with van der Waals surface area (Å²) in [6.45, 7) is 5.99. The number of aryl methyl sites for hydroxylation is 1. The molecule has 0 bridgehead atoms. The van der Waals surface area contributed by atoms with Crippen LogP contribution in [0.5, 0.6) is 0 Å². The lowest BCUT2D eigenvalue weighted by molar-refractivity contribution is -0.122. The molecule has 0 atom stereocenters. The number of hydrogen-bond donors (Lipinski definition) is 1. The van der Waals surface area contributed by atoms with E-state index in [1.165, 1.54) is 0 Å². The molecule has 1 aliphatic carbocycles. The molecule has 0 spiro atoms. The Morgan fingerprint density at radius 1 is 1.33 bits per heavy atom. The van der Waals surface area contributed by atoms with Crippen LogP contribution in [0.3, 0.4) is 0 Å². The quantitative estimate of drug-likeness (QED) is 0.919. The maximum Gasteiger partial charge on any atom is 0.237 e. The number of aromatic amines is 1. The number of nitrogens with one attached hydrogen (secondary N) is 1. The minimum absolute atomic E-state index is 0.234. The van der Waals surface area contributed by atoms with E-state index in [1.807, 2.05) is 31.9 Å². The zero-order valence-corrected chi connectivity index (χ0v) is 12.6. The Balaban J connectivity index is 1.86. The van der Waals surface area contributed by atoms with Crippen molar-refractivity contribution in [2.24, 2.45) is 0 Å². The van der Waals surface area contributed by atoms with Crippen molar-refractivity contribution in [3.05, 3.63) is 35.8 Å². The molecule has 1 aromatic heterocycles. The second-order valence-electron chi connectivity index (χ2n) is 6.65. The largest absolute Gasteiger partial charge is 0.342 e. The summed E-state index contributed by atoms with van der Waals surface area (Å²) in [6.07, 6.45) is 4.09. The van der Waals surface area contributed by atoms with Crippen molar-refractivity contribution in [3.63, 3.8) is 0 Å². The first-order chi connectivity index (χ1) is 9.98. The summed E-state index contributed by atoms with van der Waals surface area (Å²) in [5.74, 6) is 1.14. The van der Waals surface area contributed by atoms with E-state index in [0.717, 1.165) is 41.2 Å². The van der Waals surface area contributed by atoms with E-state index in [1.54, 1.807) is 0 Å². The van der Waals surface area contributed by atoms with E-state index >= 15 is 0 Å². The van der Waals surface area contributed by atoms with Crippen molar-refractivity contribution in [1.29, 1.82) is 0 Å². The van der Waals surface area contributed by atoms with E-state index in [4.69, 9.17) is 0 Å². The van der Waals surface area contributed by atoms with E-state index in [0.29, 0.717) is 6.04 Å². The van der Waals surface area contributed by atoms with E-state index in [-0.39, 0.29) is 5.91 Å². The Morgan fingerprint density at radius 2 is 2.10 bits per heavy atom. The molecule has 0 saturated heterocycles. The number of aromatic nitrogens is 2. The van der Waals surface area contributed by atoms with Gasteiger partial charge in [-0.15, -0.1) is 0 Å². The number of fused-ring (bicyclic) bond motifs is 1. The van der Waals surface area contributed by atoms with Crippen LogP contribution in [-0.2, 0) is 10.2 Å². The average Bonchev–Trinajstić information content (AvgIpc) is 3.15. The Bertz CT molecular complexity index is 740. The molecular weight excluding hydrogens is 262 g/mol. The highest BCUT2D eigenvalue weighted by atomic mass is 16.2. The number of amides is 1. The third-order valence-electron chi connectivity index (χ3n) is 4.61. The van der Waals surface area contributed by atoms with Crippen LogP contribution in [0, 0.1) is 6.92 Å². The summed E-state index contributed by atoms with van der Waals surface area (Å²) in [5, 5.41) is 0. The maximum atomic E-state index is 12.7. The minimum Gasteiger partial charge on any atom is -0.342 e. The molecule has 0 radical (unpaired) electrons. The molecule has 108 valence electrons. The van der Waals surface area contributed by atoms with E-state index in [9.17, 15) is 4.79 Å². The molecule has 4 rings (SSSR count). The highest BCUT2D eigenvalue weighted by molar-refractivity contribution is 6.08. The Labute approximate surface area is 124 Å². The standard InChI is InChI=1S/C17H19N3O/c1-10-18-9-14(19-10)11-4-7-13-15(8-11)20(12-5-6-12)16(21)17(13,2)3/h4,7-9,12H,5-6H2,1-3H3,(H,18,19). The number of nitrogens with zero attached hydrogens (tertiary/aromatic N) is 2. The van der Waals surface area contributed by atoms with Crippen molar-refractivity contribution in [1.82, 2.24) is 9.97 Å². The van der Waals surface area contributed by atoms with Gasteiger partial charge in [-0.3, -0.25) is 4.79 Å². The molecule has 1 saturated carbocycles. The normalized spacial score (nSPS) is 20.0. The Morgan fingerprint density at radius 3 is 2.71 bits per heavy atom. The SMILES string of the molecule is Cc1ncc(-c2ccc3c(c2)N(C2CC2)C(=O)C3(C)C)[nH]1. The van der Waals surface area contributed by atoms with Gasteiger partial charge in [-0.05, 0) is 45.2 Å². The van der Waals surface area contributed by atoms with Gasteiger partial charge in [0, 0.05) is 17.3 Å². The maximum absolute atomic E-state index is 12.7. The predicted octanol–water partition coefficient (Wildman–Crippen LogP) is 3.17. The number of carbonyl (C=O) groups is 1. The fourth-order valence-electron chi connectivity index (χ4n) is 3.22. The molecule has 1 N–H and O–H groups in total. The molecule has 1 aliphatic heterocycles. The molecule has 2 aromatic rings. The van der Waals surface area contributed by atoms with Gasteiger partial charge in [-0.2, -0.15) is 0 Å². The lowest BCUT2D eigenvalue weighted by Gasteiger charge is -2.19. The zero-order valence-electron chi connectivity index (χ0n) is 12.6. The lowest BCUT2D eigenvalue weighted by Crippen LogP contribution is -2.37. The van der Waals surface area contributed by atoms with Crippen LogP contribution in [-0.4, -0.2) is 21.9 Å². The first-order valence-electron chi connectivity index (χ1n) is 7.48. The van der Waals surface area contributed by atoms with Gasteiger partial charge in [0.25, 0.3) is 0 Å². The first-order valence-corrected chi connectivity index (χ1v) is 7.48. The smallest absolute Gasteiger partial charge is 0.237 e. The summed E-state index contributed by atoms with van der Waals surface area (Å²) >= 11 is 0. The van der Waals surface area contributed by atoms with Gasteiger partial charge in [-0.1, -0.05) is 12.1 Å². The van der Waals surface area contributed by atoms with Crippen LogP contribution in [0.4, 0.5) is 5.69 Å². The van der Waals surface area contributed by atoms with Gasteiger partial charge in [-0.25, -0.2) is 4.98 Å². The summed E-state index contributed by atoms with van der Waals surface area (Å²) in [5.41, 5.74) is 3.89. The summed E-state index contributed by atoms with van der Waals surface area (Å²) in [4.78, 5) is 22.3. The number of H-pyrrole nitrogens is 1. The van der Waals surface area contributed by atoms with Gasteiger partial charge in [0.15, 0.2) is 0 Å². The van der Waals surface area contributed by atoms with Crippen LogP contribution < -0.4 is 4.90 Å². The highest BCUT2D eigenvalue weighted by Crippen LogP contribution is 2.47. The summed E-state index contributed by atoms with van der Waals surface area (Å²) in [7, 11) is 0. The van der Waals surface area contributed by atoms with Gasteiger partial charge < -0.3 is 9.88 Å². The number of anilines is 1. The second-order valence-corrected chi connectivity index (χ2v) is 6.65. The fourth-order valence-corrected chi connectivity index (χ4v) is 3.22. The minimum atomic E-state index is -0.416. The number of rotatable bonds is 2. The molecule has 4 nitrogen and oxygen atoms in total. The molecule has 4 heteroatoms. The molecule has 0 unspecified atom stereocenters. The first kappa shape index (κ1) is 12.6. The third kappa shape index (κ3) is 1.75. The molecule has 2 aliphatic rings. The zero-order chi connectivity index (χ0) is 14.8. The van der Waals surface area contributed by atoms with Crippen LogP contribution in [0.1, 0.15) is 38.1 Å². The Hall–Kier alpha value is -2.10. The topological polar surface area (TPSA) is 49.0 Å². The number of imidazole rings is 1. The fraction of sp³-hybridized carbons (Fsp3) is 0.412.